The summed E-state index contributed by atoms with van der Waals surface area (Å²) in [5.74, 6) is -12.4. The maximum absolute atomic E-state index is 13.9. The van der Waals surface area contributed by atoms with Crippen molar-refractivity contribution in [2.24, 2.45) is 41.2 Å². The normalized spacial score (nSPS) is 33.0. The summed E-state index contributed by atoms with van der Waals surface area (Å²) in [6.45, 7) is 5.17. The SMILES string of the molecule is CC(C)[C@@H]1C(=O)C(C(N)=O)C(=O)[C@@]2(O)C(=O)C3C(=O)c4c(O)ccc(C(=O)CN5CCCCC5)c4C[C@H]3C[C@@H]12. The second-order valence-electron chi connectivity index (χ2n) is 11.9. The molecule has 3 fully saturated rings. The van der Waals surface area contributed by atoms with Crippen molar-refractivity contribution in [1.29, 1.82) is 0 Å². The van der Waals surface area contributed by atoms with Gasteiger partial charge in [-0.15, -0.1) is 0 Å². The van der Waals surface area contributed by atoms with Crippen LogP contribution in [-0.2, 0) is 25.6 Å². The van der Waals surface area contributed by atoms with Crippen LogP contribution in [0.15, 0.2) is 12.1 Å². The first-order chi connectivity index (χ1) is 18.4. The van der Waals surface area contributed by atoms with Crippen LogP contribution in [0.2, 0.25) is 0 Å². The molecule has 1 saturated heterocycles. The highest BCUT2D eigenvalue weighted by molar-refractivity contribution is 6.32. The molecule has 2 unspecified atom stereocenters. The molecule has 208 valence electrons. The van der Waals surface area contributed by atoms with Crippen molar-refractivity contribution < 1.29 is 39.0 Å². The molecule has 0 bridgehead atoms. The number of nitrogens with zero attached hydrogens (tertiary/aromatic N) is 1. The zero-order chi connectivity index (χ0) is 28.4. The maximum Gasteiger partial charge on any atom is 0.235 e. The van der Waals surface area contributed by atoms with Crippen LogP contribution in [0.1, 0.15) is 65.8 Å². The molecule has 2 saturated carbocycles. The molecule has 4 N–H and O–H groups in total. The van der Waals surface area contributed by atoms with Crippen LogP contribution in [0, 0.1) is 35.5 Å². The van der Waals surface area contributed by atoms with E-state index in [9.17, 15) is 39.0 Å². The van der Waals surface area contributed by atoms with Crippen LogP contribution in [-0.4, -0.2) is 75.2 Å². The Morgan fingerprint density at radius 2 is 1.74 bits per heavy atom. The van der Waals surface area contributed by atoms with E-state index in [1.54, 1.807) is 13.8 Å². The maximum atomic E-state index is 13.9. The van der Waals surface area contributed by atoms with E-state index in [4.69, 9.17) is 5.73 Å². The summed E-state index contributed by atoms with van der Waals surface area (Å²) in [5, 5.41) is 22.3. The number of benzene rings is 1. The minimum absolute atomic E-state index is 0.0146. The van der Waals surface area contributed by atoms with Crippen molar-refractivity contribution in [3.05, 3.63) is 28.8 Å². The predicted octanol–water partition coefficient (Wildman–Crippen LogP) is 0.878. The third kappa shape index (κ3) is 4.07. The van der Waals surface area contributed by atoms with Gasteiger partial charge < -0.3 is 15.9 Å². The lowest BCUT2D eigenvalue weighted by atomic mass is 9.49. The molecular weight excluding hydrogens is 504 g/mol. The van der Waals surface area contributed by atoms with Crippen molar-refractivity contribution in [2.45, 2.75) is 51.6 Å². The number of likely N-dealkylation sites (tertiary alicyclic amines) is 1. The molecule has 39 heavy (non-hydrogen) atoms. The van der Waals surface area contributed by atoms with E-state index in [1.165, 1.54) is 12.1 Å². The molecule has 1 heterocycles. The molecule has 0 aromatic heterocycles. The zero-order valence-electron chi connectivity index (χ0n) is 22.1. The number of Topliss-reactive ketones (excluding diaryl/α,β-unsaturated/α-hetero) is 5. The Labute approximate surface area is 225 Å². The van der Waals surface area contributed by atoms with Crippen molar-refractivity contribution >= 4 is 34.8 Å². The smallest absolute Gasteiger partial charge is 0.235 e. The Kier molecular flexibility index (Phi) is 6.83. The van der Waals surface area contributed by atoms with E-state index in [0.717, 1.165) is 32.4 Å². The highest BCUT2D eigenvalue weighted by Crippen LogP contribution is 2.53. The molecule has 6 atom stereocenters. The van der Waals surface area contributed by atoms with Gasteiger partial charge in [0, 0.05) is 17.4 Å². The van der Waals surface area contributed by atoms with Gasteiger partial charge in [-0.25, -0.2) is 0 Å². The van der Waals surface area contributed by atoms with Gasteiger partial charge in [-0.05, 0) is 68.3 Å². The number of rotatable bonds is 5. The Morgan fingerprint density at radius 3 is 2.36 bits per heavy atom. The fourth-order valence-corrected chi connectivity index (χ4v) is 7.52. The number of piperidine rings is 1. The number of ketones is 5. The molecule has 0 spiro atoms. The van der Waals surface area contributed by atoms with E-state index in [-0.39, 0.29) is 36.5 Å². The number of phenols is 1. The van der Waals surface area contributed by atoms with Gasteiger partial charge in [-0.2, -0.15) is 0 Å². The van der Waals surface area contributed by atoms with Gasteiger partial charge >= 0.3 is 0 Å². The molecule has 5 rings (SSSR count). The number of aliphatic hydroxyl groups is 1. The lowest BCUT2D eigenvalue weighted by Gasteiger charge is -2.52. The fourth-order valence-electron chi connectivity index (χ4n) is 7.52. The Balaban J connectivity index is 1.56. The molecule has 3 aliphatic carbocycles. The second-order valence-corrected chi connectivity index (χ2v) is 11.9. The van der Waals surface area contributed by atoms with Gasteiger partial charge in [-0.1, -0.05) is 20.3 Å². The van der Waals surface area contributed by atoms with Crippen molar-refractivity contribution in [1.82, 2.24) is 4.90 Å². The van der Waals surface area contributed by atoms with E-state index < -0.39 is 70.1 Å². The highest BCUT2D eigenvalue weighted by Gasteiger charge is 2.69. The van der Waals surface area contributed by atoms with E-state index in [0.29, 0.717) is 11.1 Å². The molecule has 1 aliphatic heterocycles. The first kappa shape index (κ1) is 27.3. The number of carbonyl (C=O) groups excluding carboxylic acids is 6. The largest absolute Gasteiger partial charge is 0.507 e. The van der Waals surface area contributed by atoms with Gasteiger partial charge in [0.15, 0.2) is 40.4 Å². The monoisotopic (exact) mass is 538 g/mol. The summed E-state index contributed by atoms with van der Waals surface area (Å²) in [6.07, 6.45) is 3.19. The molecule has 1 amide bonds. The topological polar surface area (TPSA) is 172 Å². The average Bonchev–Trinajstić information content (AvgIpc) is 2.86. The molecule has 4 aliphatic rings. The van der Waals surface area contributed by atoms with Crippen molar-refractivity contribution in [3.63, 3.8) is 0 Å². The highest BCUT2D eigenvalue weighted by atomic mass is 16.3. The van der Waals surface area contributed by atoms with Crippen LogP contribution in [0.25, 0.3) is 0 Å². The molecular formula is C29H34N2O8. The molecule has 1 aromatic rings. The minimum Gasteiger partial charge on any atom is -0.507 e. The molecule has 10 nitrogen and oxygen atoms in total. The summed E-state index contributed by atoms with van der Waals surface area (Å²) >= 11 is 0. The average molecular weight is 539 g/mol. The summed E-state index contributed by atoms with van der Waals surface area (Å²) in [5.41, 5.74) is 3.13. The van der Waals surface area contributed by atoms with Gasteiger partial charge in [-0.3, -0.25) is 33.7 Å². The number of hydrogen-bond acceptors (Lipinski definition) is 9. The lowest BCUT2D eigenvalue weighted by Crippen LogP contribution is -2.71. The number of nitrogens with two attached hydrogens (primary N) is 1. The number of primary amides is 1. The van der Waals surface area contributed by atoms with Crippen molar-refractivity contribution in [2.75, 3.05) is 19.6 Å². The number of carbonyl (C=O) groups is 6. The molecule has 10 heteroatoms. The van der Waals surface area contributed by atoms with Gasteiger partial charge in [0.25, 0.3) is 0 Å². The number of aromatic hydroxyl groups is 1. The summed E-state index contributed by atoms with van der Waals surface area (Å²) < 4.78 is 0. The van der Waals surface area contributed by atoms with E-state index in [1.807, 2.05) is 0 Å². The number of fused-ring (bicyclic) bond motifs is 3. The zero-order valence-corrected chi connectivity index (χ0v) is 22.1. The third-order valence-electron chi connectivity index (χ3n) is 9.31. The van der Waals surface area contributed by atoms with Crippen LogP contribution < -0.4 is 5.73 Å². The Morgan fingerprint density at radius 1 is 1.08 bits per heavy atom. The predicted molar refractivity (Wildman–Crippen MR) is 137 cm³/mol. The van der Waals surface area contributed by atoms with E-state index >= 15 is 0 Å². The molecule has 0 radical (unpaired) electrons. The summed E-state index contributed by atoms with van der Waals surface area (Å²) in [7, 11) is 0. The van der Waals surface area contributed by atoms with Crippen LogP contribution in [0.3, 0.4) is 0 Å². The van der Waals surface area contributed by atoms with Crippen molar-refractivity contribution in [3.8, 4) is 5.75 Å². The first-order valence-electron chi connectivity index (χ1n) is 13.7. The Hall–Kier alpha value is -3.24. The fraction of sp³-hybridized carbons (Fsp3) is 0.586. The third-order valence-corrected chi connectivity index (χ3v) is 9.31. The van der Waals surface area contributed by atoms with Crippen LogP contribution >= 0.6 is 0 Å². The van der Waals surface area contributed by atoms with Crippen LogP contribution in [0.5, 0.6) is 5.75 Å². The standard InChI is InChI=1S/C29H34N2O8/c1-13(2)20-17-11-14-10-16-15(19(33)12-31-8-4-3-5-9-31)6-7-18(32)22(16)25(35)21(14)26(36)29(17,39)27(37)23(24(20)34)28(30)38/h6-7,13-14,17,20-21,23,32,39H,3-5,8-12H2,1-2H3,(H2,30,38)/t14-,17-,20-,21?,23?,29-/m0/s1. The number of hydrogen-bond donors (Lipinski definition) is 3. The lowest BCUT2D eigenvalue weighted by molar-refractivity contribution is -0.182. The van der Waals surface area contributed by atoms with E-state index in [2.05, 4.69) is 4.90 Å². The Bertz CT molecular complexity index is 1300. The minimum atomic E-state index is -2.73. The second kappa shape index (κ2) is 9.75. The van der Waals surface area contributed by atoms with Gasteiger partial charge in [0.2, 0.25) is 5.91 Å². The number of amides is 1. The number of phenolic OH excluding ortho intramolecular Hbond substituents is 1. The first-order valence-corrected chi connectivity index (χ1v) is 13.7. The quantitative estimate of drug-likeness (QED) is 0.363. The van der Waals surface area contributed by atoms with Crippen LogP contribution in [0.4, 0.5) is 0 Å². The molecule has 1 aromatic carbocycles. The van der Waals surface area contributed by atoms with Gasteiger partial charge in [0.05, 0.1) is 18.0 Å². The summed E-state index contributed by atoms with van der Waals surface area (Å²) in [6, 6.07) is 2.75. The summed E-state index contributed by atoms with van der Waals surface area (Å²) in [4.78, 5) is 81.7. The van der Waals surface area contributed by atoms with Gasteiger partial charge in [0.1, 0.15) is 5.75 Å².